The van der Waals surface area contributed by atoms with Crippen molar-refractivity contribution in [2.45, 2.75) is 5.79 Å². The summed E-state index contributed by atoms with van der Waals surface area (Å²) in [5.41, 5.74) is 0.120. The molecule has 5 nitrogen and oxygen atoms in total. The Kier molecular flexibility index (Phi) is 3.85. The van der Waals surface area contributed by atoms with Gasteiger partial charge in [0, 0.05) is 5.56 Å². The summed E-state index contributed by atoms with van der Waals surface area (Å²) in [6.45, 7) is 0. The van der Waals surface area contributed by atoms with Gasteiger partial charge in [0.15, 0.2) is 0 Å². The Bertz CT molecular complexity index is 674. The highest BCUT2D eigenvalue weighted by molar-refractivity contribution is 5.37. The molecule has 0 saturated heterocycles. The Morgan fingerprint density at radius 1 is 0.950 bits per heavy atom. The van der Waals surface area contributed by atoms with Crippen LogP contribution in [0.4, 0.5) is 0 Å². The van der Waals surface area contributed by atoms with Crippen LogP contribution >= 0.6 is 0 Å². The molecule has 0 saturated carbocycles. The van der Waals surface area contributed by atoms with Gasteiger partial charge in [-0.15, -0.1) is 0 Å². The van der Waals surface area contributed by atoms with Gasteiger partial charge in [-0.05, 0) is 24.3 Å². The van der Waals surface area contributed by atoms with Crippen molar-refractivity contribution in [2.24, 2.45) is 0 Å². The fraction of sp³-hybridized carbons (Fsp3) is 0.0667. The van der Waals surface area contributed by atoms with Gasteiger partial charge in [0.05, 0.1) is 0 Å². The lowest BCUT2D eigenvalue weighted by molar-refractivity contribution is -0.117. The Balaban J connectivity index is 2.29. The van der Waals surface area contributed by atoms with Crippen LogP contribution in [0.15, 0.2) is 54.6 Å². The van der Waals surface area contributed by atoms with E-state index >= 15 is 0 Å². The number of nitrogens with zero attached hydrogens (tertiary/aromatic N) is 2. The van der Waals surface area contributed by atoms with Crippen molar-refractivity contribution in [3.8, 4) is 23.8 Å². The van der Waals surface area contributed by atoms with E-state index in [1.165, 1.54) is 18.4 Å². The Morgan fingerprint density at radius 2 is 1.65 bits per heavy atom. The largest absolute Gasteiger partial charge is 0.457 e. The molecule has 0 bridgehead atoms. The van der Waals surface area contributed by atoms with Gasteiger partial charge in [-0.2, -0.15) is 10.5 Å². The highest BCUT2D eigenvalue weighted by Gasteiger charge is 2.32. The lowest BCUT2D eigenvalue weighted by atomic mass is 10.1. The fourth-order valence-electron chi connectivity index (χ4n) is 1.61. The highest BCUT2D eigenvalue weighted by Crippen LogP contribution is 2.27. The molecule has 0 aliphatic carbocycles. The van der Waals surface area contributed by atoms with Crippen LogP contribution in [0.5, 0.6) is 11.5 Å². The molecule has 98 valence electrons. The summed E-state index contributed by atoms with van der Waals surface area (Å²) >= 11 is 0. The molecule has 2 rings (SSSR count). The SMILES string of the molecule is N#COC(O)(C#N)c1cccc(Oc2ccccc2)c1. The number of ether oxygens (including phenoxy) is 2. The molecule has 0 aromatic heterocycles. The topological polar surface area (TPSA) is 86.3 Å². The molecule has 1 N–H and O–H groups in total. The van der Waals surface area contributed by atoms with Crippen LogP contribution in [0.1, 0.15) is 5.56 Å². The first kappa shape index (κ1) is 13.4. The zero-order valence-corrected chi connectivity index (χ0v) is 10.4. The summed E-state index contributed by atoms with van der Waals surface area (Å²) in [5.74, 6) is -1.28. The van der Waals surface area contributed by atoms with Crippen LogP contribution in [0.3, 0.4) is 0 Å². The summed E-state index contributed by atoms with van der Waals surface area (Å²) in [7, 11) is 0. The van der Waals surface area contributed by atoms with Crippen molar-refractivity contribution in [3.63, 3.8) is 0 Å². The Hall–Kier alpha value is -3.02. The quantitative estimate of drug-likeness (QED) is 0.522. The van der Waals surface area contributed by atoms with E-state index in [1.807, 2.05) is 18.2 Å². The summed E-state index contributed by atoms with van der Waals surface area (Å²) in [6.07, 6.45) is 1.31. The van der Waals surface area contributed by atoms with E-state index in [-0.39, 0.29) is 5.56 Å². The molecule has 0 amide bonds. The molecule has 0 fully saturated rings. The molecule has 5 heteroatoms. The van der Waals surface area contributed by atoms with E-state index in [1.54, 1.807) is 30.3 Å². The van der Waals surface area contributed by atoms with E-state index in [4.69, 9.17) is 15.3 Å². The predicted octanol–water partition coefficient (Wildman–Crippen LogP) is 2.65. The lowest BCUT2D eigenvalue weighted by Crippen LogP contribution is -2.25. The van der Waals surface area contributed by atoms with Crippen LogP contribution in [-0.4, -0.2) is 5.11 Å². The molecular weight excluding hydrogens is 256 g/mol. The van der Waals surface area contributed by atoms with Crippen molar-refractivity contribution in [1.29, 1.82) is 10.5 Å². The number of para-hydroxylation sites is 1. The lowest BCUT2D eigenvalue weighted by Gasteiger charge is -2.17. The van der Waals surface area contributed by atoms with Crippen LogP contribution in [0.25, 0.3) is 0 Å². The maximum absolute atomic E-state index is 9.92. The molecule has 0 aliphatic heterocycles. The van der Waals surface area contributed by atoms with E-state index in [0.29, 0.717) is 11.5 Å². The minimum Gasteiger partial charge on any atom is -0.457 e. The maximum atomic E-state index is 9.92. The number of aliphatic hydroxyl groups is 1. The van der Waals surface area contributed by atoms with Crippen LogP contribution in [0.2, 0.25) is 0 Å². The second-order valence-electron chi connectivity index (χ2n) is 3.89. The standard InChI is InChI=1S/C15H10N2O3/c16-10-15(18,19-11-17)12-5-4-8-14(9-12)20-13-6-2-1-3-7-13/h1-9,18H. The number of nitriles is 2. The van der Waals surface area contributed by atoms with Crippen molar-refractivity contribution in [1.82, 2.24) is 0 Å². The van der Waals surface area contributed by atoms with E-state index in [0.717, 1.165) is 0 Å². The van der Waals surface area contributed by atoms with Gasteiger partial charge >= 0.3 is 5.79 Å². The van der Waals surface area contributed by atoms with Crippen molar-refractivity contribution >= 4 is 0 Å². The molecule has 0 heterocycles. The second-order valence-corrected chi connectivity index (χ2v) is 3.89. The first-order valence-electron chi connectivity index (χ1n) is 5.72. The van der Waals surface area contributed by atoms with E-state index in [2.05, 4.69) is 4.74 Å². The number of rotatable bonds is 4. The van der Waals surface area contributed by atoms with Crippen LogP contribution in [0, 0.1) is 22.8 Å². The predicted molar refractivity (Wildman–Crippen MR) is 69.2 cm³/mol. The summed E-state index contributed by atoms with van der Waals surface area (Å²) in [6, 6.07) is 16.8. The normalized spacial score (nSPS) is 12.6. The Labute approximate surface area is 115 Å². The van der Waals surface area contributed by atoms with Gasteiger partial charge in [0.1, 0.15) is 17.6 Å². The Morgan fingerprint density at radius 3 is 2.30 bits per heavy atom. The van der Waals surface area contributed by atoms with E-state index in [9.17, 15) is 5.11 Å². The average molecular weight is 266 g/mol. The van der Waals surface area contributed by atoms with Crippen molar-refractivity contribution in [2.75, 3.05) is 0 Å². The first-order valence-corrected chi connectivity index (χ1v) is 5.72. The first-order chi connectivity index (χ1) is 9.68. The molecule has 2 aromatic carbocycles. The minimum atomic E-state index is -2.31. The van der Waals surface area contributed by atoms with Crippen LogP contribution < -0.4 is 4.74 Å². The molecule has 0 aliphatic rings. The van der Waals surface area contributed by atoms with Gasteiger partial charge in [-0.3, -0.25) is 0 Å². The molecule has 2 aromatic rings. The van der Waals surface area contributed by atoms with Crippen molar-refractivity contribution in [3.05, 3.63) is 60.2 Å². The highest BCUT2D eigenvalue weighted by atomic mass is 16.6. The molecule has 1 unspecified atom stereocenters. The molecule has 0 radical (unpaired) electrons. The summed E-state index contributed by atoms with van der Waals surface area (Å²) in [5, 5.41) is 27.3. The van der Waals surface area contributed by atoms with Gasteiger partial charge in [-0.1, -0.05) is 30.3 Å². The zero-order valence-electron chi connectivity index (χ0n) is 10.4. The maximum Gasteiger partial charge on any atom is 0.337 e. The second kappa shape index (κ2) is 5.75. The molecule has 20 heavy (non-hydrogen) atoms. The summed E-state index contributed by atoms with van der Waals surface area (Å²) in [4.78, 5) is 0. The van der Waals surface area contributed by atoms with Gasteiger partial charge in [0.2, 0.25) is 0 Å². The third-order valence-corrected chi connectivity index (χ3v) is 2.55. The fourth-order valence-corrected chi connectivity index (χ4v) is 1.61. The minimum absolute atomic E-state index is 0.120. The molecule has 1 atom stereocenters. The molecule has 0 spiro atoms. The zero-order chi connectivity index (χ0) is 14.4. The van der Waals surface area contributed by atoms with Gasteiger partial charge < -0.3 is 14.6 Å². The number of benzene rings is 2. The van der Waals surface area contributed by atoms with Gasteiger partial charge in [-0.25, -0.2) is 0 Å². The summed E-state index contributed by atoms with van der Waals surface area (Å²) < 4.78 is 9.99. The van der Waals surface area contributed by atoms with Crippen molar-refractivity contribution < 1.29 is 14.6 Å². The number of hydrogen-bond donors (Lipinski definition) is 1. The van der Waals surface area contributed by atoms with Gasteiger partial charge in [0.25, 0.3) is 6.26 Å². The average Bonchev–Trinajstić information content (AvgIpc) is 2.49. The van der Waals surface area contributed by atoms with E-state index < -0.39 is 5.79 Å². The monoisotopic (exact) mass is 266 g/mol. The molecular formula is C15H10N2O3. The third kappa shape index (κ3) is 2.86. The smallest absolute Gasteiger partial charge is 0.337 e. The van der Waals surface area contributed by atoms with Crippen LogP contribution in [-0.2, 0) is 10.5 Å². The number of hydrogen-bond acceptors (Lipinski definition) is 5. The third-order valence-electron chi connectivity index (χ3n) is 2.55.